The van der Waals surface area contributed by atoms with Crippen molar-refractivity contribution in [3.8, 4) is 5.75 Å². The minimum absolute atomic E-state index is 0.0185. The molecule has 2 aromatic rings. The van der Waals surface area contributed by atoms with Gasteiger partial charge in [0.05, 0.1) is 0 Å². The molecule has 1 heterocycles. The third-order valence-corrected chi connectivity index (χ3v) is 5.22. The maximum atomic E-state index is 12.9. The normalized spacial score (nSPS) is 17.2. The van der Waals surface area contributed by atoms with E-state index in [1.54, 1.807) is 60.2 Å². The lowest BCUT2D eigenvalue weighted by Gasteiger charge is -2.40. The molecule has 1 aliphatic rings. The molecule has 0 aromatic heterocycles. The molecule has 7 nitrogen and oxygen atoms in total. The van der Waals surface area contributed by atoms with Crippen molar-refractivity contribution in [3.05, 3.63) is 65.7 Å². The molecule has 1 aliphatic heterocycles. The Hall–Kier alpha value is -3.35. The fourth-order valence-corrected chi connectivity index (χ4v) is 3.55. The summed E-state index contributed by atoms with van der Waals surface area (Å²) in [5.74, 6) is 0.205. The van der Waals surface area contributed by atoms with Crippen molar-refractivity contribution >= 4 is 17.7 Å². The van der Waals surface area contributed by atoms with Crippen LogP contribution in [-0.4, -0.2) is 66.3 Å². The van der Waals surface area contributed by atoms with Crippen LogP contribution in [0.1, 0.15) is 34.6 Å². The number of hydrogen-bond acceptors (Lipinski definition) is 4. The summed E-state index contributed by atoms with van der Waals surface area (Å²) in [4.78, 5) is 40.7. The molecule has 2 aromatic carbocycles. The average molecular weight is 409 g/mol. The number of hydrogen-bond donors (Lipinski definition) is 1. The highest BCUT2D eigenvalue weighted by atomic mass is 16.5. The standard InChI is InChI=1S/C23H27N3O4/c1-16-15-25(23(29)19-7-5-4-6-8-19)13-14-26(16)22(28)17(2)30-20-11-9-18(10-12-20)21(27)24-3/h4-12,16-17H,13-15H2,1-3H3,(H,24,27)/t16-,17?/m1/s1. The van der Waals surface area contributed by atoms with E-state index in [2.05, 4.69) is 5.32 Å². The van der Waals surface area contributed by atoms with E-state index in [0.717, 1.165) is 0 Å². The van der Waals surface area contributed by atoms with Crippen LogP contribution < -0.4 is 10.1 Å². The van der Waals surface area contributed by atoms with Crippen molar-refractivity contribution in [2.45, 2.75) is 26.0 Å². The van der Waals surface area contributed by atoms with Crippen LogP contribution in [0.15, 0.2) is 54.6 Å². The highest BCUT2D eigenvalue weighted by Crippen LogP contribution is 2.18. The Balaban J connectivity index is 1.58. The van der Waals surface area contributed by atoms with Crippen LogP contribution >= 0.6 is 0 Å². The van der Waals surface area contributed by atoms with Gasteiger partial charge in [-0.25, -0.2) is 0 Å². The first-order chi connectivity index (χ1) is 14.4. The van der Waals surface area contributed by atoms with Gasteiger partial charge >= 0.3 is 0 Å². The molecular formula is C23H27N3O4. The van der Waals surface area contributed by atoms with Crippen molar-refractivity contribution in [2.24, 2.45) is 0 Å². The summed E-state index contributed by atoms with van der Waals surface area (Å²) in [7, 11) is 1.57. The number of carbonyl (C=O) groups is 3. The van der Waals surface area contributed by atoms with Crippen molar-refractivity contribution < 1.29 is 19.1 Å². The lowest BCUT2D eigenvalue weighted by molar-refractivity contribution is -0.142. The number of nitrogens with one attached hydrogen (secondary N) is 1. The average Bonchev–Trinajstić information content (AvgIpc) is 2.78. The molecule has 0 bridgehead atoms. The highest BCUT2D eigenvalue weighted by Gasteiger charge is 2.32. The van der Waals surface area contributed by atoms with E-state index in [4.69, 9.17) is 4.74 Å². The predicted octanol–water partition coefficient (Wildman–Crippen LogP) is 2.19. The molecule has 1 unspecified atom stereocenters. The van der Waals surface area contributed by atoms with Crippen molar-refractivity contribution in [1.29, 1.82) is 0 Å². The van der Waals surface area contributed by atoms with Crippen LogP contribution in [0.5, 0.6) is 5.75 Å². The van der Waals surface area contributed by atoms with E-state index in [0.29, 0.717) is 36.5 Å². The lowest BCUT2D eigenvalue weighted by Crippen LogP contribution is -2.57. The Morgan fingerprint density at radius 3 is 2.27 bits per heavy atom. The Morgan fingerprint density at radius 2 is 1.67 bits per heavy atom. The van der Waals surface area contributed by atoms with E-state index in [1.165, 1.54) is 0 Å². The van der Waals surface area contributed by atoms with Crippen LogP contribution in [0.4, 0.5) is 0 Å². The van der Waals surface area contributed by atoms with Gasteiger partial charge in [-0.15, -0.1) is 0 Å². The molecule has 1 fully saturated rings. The molecule has 2 atom stereocenters. The van der Waals surface area contributed by atoms with Crippen LogP contribution in [0.3, 0.4) is 0 Å². The topological polar surface area (TPSA) is 79.0 Å². The van der Waals surface area contributed by atoms with Crippen molar-refractivity contribution in [2.75, 3.05) is 26.7 Å². The van der Waals surface area contributed by atoms with Gasteiger partial charge in [-0.2, -0.15) is 0 Å². The minimum Gasteiger partial charge on any atom is -0.481 e. The first kappa shape index (κ1) is 21.4. The molecule has 1 N–H and O–H groups in total. The molecule has 1 saturated heterocycles. The van der Waals surface area contributed by atoms with Crippen LogP contribution in [0.25, 0.3) is 0 Å². The van der Waals surface area contributed by atoms with E-state index in [-0.39, 0.29) is 23.8 Å². The third kappa shape index (κ3) is 4.79. The second-order valence-electron chi connectivity index (χ2n) is 7.36. The fraction of sp³-hybridized carbons (Fsp3) is 0.348. The third-order valence-electron chi connectivity index (χ3n) is 5.22. The Kier molecular flexibility index (Phi) is 6.72. The van der Waals surface area contributed by atoms with Crippen LogP contribution in [0, 0.1) is 0 Å². The molecule has 0 radical (unpaired) electrons. The van der Waals surface area contributed by atoms with Gasteiger partial charge in [0.25, 0.3) is 17.7 Å². The van der Waals surface area contributed by atoms with Crippen molar-refractivity contribution in [1.82, 2.24) is 15.1 Å². The SMILES string of the molecule is CNC(=O)c1ccc(OC(C)C(=O)N2CCN(C(=O)c3ccccc3)C[C@H]2C)cc1. The summed E-state index contributed by atoms with van der Waals surface area (Å²) >= 11 is 0. The van der Waals surface area contributed by atoms with Crippen LogP contribution in [-0.2, 0) is 4.79 Å². The second kappa shape index (κ2) is 9.43. The summed E-state index contributed by atoms with van der Waals surface area (Å²) < 4.78 is 5.79. The molecule has 0 aliphatic carbocycles. The van der Waals surface area contributed by atoms with Gasteiger partial charge in [-0.3, -0.25) is 14.4 Å². The van der Waals surface area contributed by atoms with Crippen LogP contribution in [0.2, 0.25) is 0 Å². The van der Waals surface area contributed by atoms with Gasteiger partial charge < -0.3 is 19.9 Å². The minimum atomic E-state index is -0.672. The molecule has 0 spiro atoms. The molecular weight excluding hydrogens is 382 g/mol. The summed E-state index contributed by atoms with van der Waals surface area (Å²) in [6.45, 7) is 5.07. The molecule has 3 rings (SSSR count). The second-order valence-corrected chi connectivity index (χ2v) is 7.36. The summed E-state index contributed by atoms with van der Waals surface area (Å²) in [5, 5.41) is 2.56. The number of carbonyl (C=O) groups excluding carboxylic acids is 3. The maximum absolute atomic E-state index is 12.9. The Bertz CT molecular complexity index is 898. The zero-order chi connectivity index (χ0) is 21.7. The lowest BCUT2D eigenvalue weighted by atomic mass is 10.1. The number of ether oxygens (including phenoxy) is 1. The molecule has 0 saturated carbocycles. The first-order valence-corrected chi connectivity index (χ1v) is 10.0. The quantitative estimate of drug-likeness (QED) is 0.821. The largest absolute Gasteiger partial charge is 0.481 e. The smallest absolute Gasteiger partial charge is 0.263 e. The molecule has 7 heteroatoms. The molecule has 30 heavy (non-hydrogen) atoms. The first-order valence-electron chi connectivity index (χ1n) is 10.0. The van der Waals surface area contributed by atoms with Gasteiger partial charge in [-0.05, 0) is 50.2 Å². The number of benzene rings is 2. The van der Waals surface area contributed by atoms with E-state index >= 15 is 0 Å². The van der Waals surface area contributed by atoms with E-state index in [1.807, 2.05) is 25.1 Å². The highest BCUT2D eigenvalue weighted by molar-refractivity contribution is 5.95. The fourth-order valence-electron chi connectivity index (χ4n) is 3.55. The molecule has 3 amide bonds. The monoisotopic (exact) mass is 409 g/mol. The summed E-state index contributed by atoms with van der Waals surface area (Å²) in [5.41, 5.74) is 1.18. The summed E-state index contributed by atoms with van der Waals surface area (Å²) in [6, 6.07) is 15.7. The molecule has 158 valence electrons. The zero-order valence-electron chi connectivity index (χ0n) is 17.5. The van der Waals surface area contributed by atoms with Gasteiger partial charge in [0.15, 0.2) is 6.10 Å². The number of rotatable bonds is 5. The van der Waals surface area contributed by atoms with E-state index in [9.17, 15) is 14.4 Å². The van der Waals surface area contributed by atoms with Gasteiger partial charge in [0, 0.05) is 43.9 Å². The predicted molar refractivity (Wildman–Crippen MR) is 113 cm³/mol. The number of nitrogens with zero attached hydrogens (tertiary/aromatic N) is 2. The van der Waals surface area contributed by atoms with Gasteiger partial charge in [-0.1, -0.05) is 18.2 Å². The Labute approximate surface area is 176 Å². The Morgan fingerprint density at radius 1 is 1.00 bits per heavy atom. The number of amides is 3. The zero-order valence-corrected chi connectivity index (χ0v) is 17.5. The number of piperazine rings is 1. The van der Waals surface area contributed by atoms with Gasteiger partial charge in [0.2, 0.25) is 0 Å². The van der Waals surface area contributed by atoms with Crippen molar-refractivity contribution in [3.63, 3.8) is 0 Å². The summed E-state index contributed by atoms with van der Waals surface area (Å²) in [6.07, 6.45) is -0.672. The maximum Gasteiger partial charge on any atom is 0.263 e. The van der Waals surface area contributed by atoms with Gasteiger partial charge in [0.1, 0.15) is 5.75 Å². The van der Waals surface area contributed by atoms with E-state index < -0.39 is 6.10 Å².